The van der Waals surface area contributed by atoms with Gasteiger partial charge in [0.2, 0.25) is 0 Å². The summed E-state index contributed by atoms with van der Waals surface area (Å²) < 4.78 is 2.17. The number of aryl methyl sites for hydroxylation is 2. The van der Waals surface area contributed by atoms with Crippen molar-refractivity contribution >= 4 is 17.3 Å². The third-order valence-electron chi connectivity index (χ3n) is 3.59. The molecular formula is C18H17NO2S. The highest BCUT2D eigenvalue weighted by atomic mass is 32.1. The fourth-order valence-corrected chi connectivity index (χ4v) is 3.34. The largest absolute Gasteiger partial charge is 0.481 e. The summed E-state index contributed by atoms with van der Waals surface area (Å²) in [6.07, 6.45) is 0.661. The van der Waals surface area contributed by atoms with Crippen molar-refractivity contribution in [3.8, 4) is 16.3 Å². The van der Waals surface area contributed by atoms with Crippen molar-refractivity contribution in [1.82, 2.24) is 4.57 Å². The number of rotatable bonds is 5. The summed E-state index contributed by atoms with van der Waals surface area (Å²) in [5.74, 6) is -0.769. The van der Waals surface area contributed by atoms with Crippen LogP contribution in [0.5, 0.6) is 0 Å². The number of carboxylic acid groups (broad SMARTS) is 1. The summed E-state index contributed by atoms with van der Waals surface area (Å²) in [7, 11) is 0. The lowest BCUT2D eigenvalue weighted by molar-refractivity contribution is -0.136. The van der Waals surface area contributed by atoms with Crippen molar-refractivity contribution in [2.45, 2.75) is 19.8 Å². The molecule has 0 saturated heterocycles. The number of carboxylic acids is 1. The lowest BCUT2D eigenvalue weighted by Crippen LogP contribution is -2.05. The van der Waals surface area contributed by atoms with E-state index in [1.165, 1.54) is 10.4 Å². The summed E-state index contributed by atoms with van der Waals surface area (Å²) in [5, 5.41) is 11.0. The summed E-state index contributed by atoms with van der Waals surface area (Å²) in [6.45, 7) is 2.06. The van der Waals surface area contributed by atoms with E-state index in [0.717, 1.165) is 17.1 Å². The molecule has 0 saturated carbocycles. The molecule has 3 nitrogen and oxygen atoms in total. The SMILES string of the molecule is Cc1cccc(-n2c(CCC(=O)O)ccc2-c2cccs2)c1. The quantitative estimate of drug-likeness (QED) is 0.752. The third kappa shape index (κ3) is 2.97. The van der Waals surface area contributed by atoms with Gasteiger partial charge in [-0.15, -0.1) is 11.3 Å². The second-order valence-corrected chi connectivity index (χ2v) is 6.20. The maximum Gasteiger partial charge on any atom is 0.303 e. The molecule has 0 radical (unpaired) electrons. The van der Waals surface area contributed by atoms with Crippen LogP contribution < -0.4 is 0 Å². The highest BCUT2D eigenvalue weighted by Gasteiger charge is 2.13. The smallest absolute Gasteiger partial charge is 0.303 e. The Labute approximate surface area is 133 Å². The maximum atomic E-state index is 10.9. The molecule has 3 rings (SSSR count). The Kier molecular flexibility index (Phi) is 4.11. The second kappa shape index (κ2) is 6.20. The molecular weight excluding hydrogens is 294 g/mol. The van der Waals surface area contributed by atoms with Crippen LogP contribution in [-0.2, 0) is 11.2 Å². The van der Waals surface area contributed by atoms with Gasteiger partial charge in [-0.25, -0.2) is 0 Å². The molecule has 0 atom stereocenters. The van der Waals surface area contributed by atoms with E-state index >= 15 is 0 Å². The molecule has 0 spiro atoms. The number of aliphatic carboxylic acids is 1. The van der Waals surface area contributed by atoms with Crippen LogP contribution in [-0.4, -0.2) is 15.6 Å². The van der Waals surface area contributed by atoms with Gasteiger partial charge >= 0.3 is 5.97 Å². The summed E-state index contributed by atoms with van der Waals surface area (Å²) in [5.41, 5.74) is 4.40. The Morgan fingerprint density at radius 3 is 2.73 bits per heavy atom. The van der Waals surface area contributed by atoms with Crippen LogP contribution in [0.2, 0.25) is 0 Å². The van der Waals surface area contributed by atoms with Gasteiger partial charge in [0.15, 0.2) is 0 Å². The molecule has 1 aromatic carbocycles. The first-order valence-corrected chi connectivity index (χ1v) is 8.06. The first-order chi connectivity index (χ1) is 10.6. The number of hydrogen-bond donors (Lipinski definition) is 1. The van der Waals surface area contributed by atoms with Crippen LogP contribution in [0.4, 0.5) is 0 Å². The molecule has 3 aromatic rings. The molecule has 4 heteroatoms. The van der Waals surface area contributed by atoms with Crippen LogP contribution in [0, 0.1) is 6.92 Å². The number of carbonyl (C=O) groups is 1. The van der Waals surface area contributed by atoms with Crippen molar-refractivity contribution in [1.29, 1.82) is 0 Å². The molecule has 0 aliphatic rings. The van der Waals surface area contributed by atoms with E-state index in [9.17, 15) is 4.79 Å². The number of thiophene rings is 1. The van der Waals surface area contributed by atoms with E-state index in [-0.39, 0.29) is 6.42 Å². The molecule has 0 amide bonds. The van der Waals surface area contributed by atoms with Crippen molar-refractivity contribution in [2.24, 2.45) is 0 Å². The Balaban J connectivity index is 2.10. The summed E-state index contributed by atoms with van der Waals surface area (Å²) in [6, 6.07) is 16.5. The average Bonchev–Trinajstić information content (AvgIpc) is 3.14. The van der Waals surface area contributed by atoms with E-state index < -0.39 is 5.97 Å². The number of nitrogens with zero attached hydrogens (tertiary/aromatic N) is 1. The minimum Gasteiger partial charge on any atom is -0.481 e. The highest BCUT2D eigenvalue weighted by molar-refractivity contribution is 7.13. The highest BCUT2D eigenvalue weighted by Crippen LogP contribution is 2.30. The maximum absolute atomic E-state index is 10.9. The van der Waals surface area contributed by atoms with Crippen LogP contribution in [0.25, 0.3) is 16.3 Å². The van der Waals surface area contributed by atoms with Crippen LogP contribution in [0.1, 0.15) is 17.7 Å². The zero-order valence-electron chi connectivity index (χ0n) is 12.3. The van der Waals surface area contributed by atoms with Gasteiger partial charge in [-0.1, -0.05) is 18.2 Å². The summed E-state index contributed by atoms with van der Waals surface area (Å²) in [4.78, 5) is 12.1. The van der Waals surface area contributed by atoms with Gasteiger partial charge in [0.25, 0.3) is 0 Å². The van der Waals surface area contributed by atoms with Gasteiger partial charge in [-0.2, -0.15) is 0 Å². The zero-order valence-corrected chi connectivity index (χ0v) is 13.1. The lowest BCUT2D eigenvalue weighted by atomic mass is 10.2. The lowest BCUT2D eigenvalue weighted by Gasteiger charge is -2.13. The van der Waals surface area contributed by atoms with E-state index in [4.69, 9.17) is 5.11 Å². The summed E-state index contributed by atoms with van der Waals surface area (Å²) >= 11 is 1.69. The Bertz CT molecular complexity index is 787. The Morgan fingerprint density at radius 1 is 1.18 bits per heavy atom. The number of benzene rings is 1. The monoisotopic (exact) mass is 311 g/mol. The average molecular weight is 311 g/mol. The van der Waals surface area contributed by atoms with E-state index in [2.05, 4.69) is 47.2 Å². The fraction of sp³-hybridized carbons (Fsp3) is 0.167. The van der Waals surface area contributed by atoms with Crippen LogP contribution in [0.15, 0.2) is 53.9 Å². The molecule has 0 aliphatic carbocycles. The van der Waals surface area contributed by atoms with E-state index in [1.54, 1.807) is 11.3 Å². The van der Waals surface area contributed by atoms with E-state index in [0.29, 0.717) is 6.42 Å². The van der Waals surface area contributed by atoms with Gasteiger partial charge < -0.3 is 9.67 Å². The van der Waals surface area contributed by atoms with Gasteiger partial charge in [0.1, 0.15) is 0 Å². The topological polar surface area (TPSA) is 42.2 Å². The molecule has 1 N–H and O–H groups in total. The molecule has 2 aromatic heterocycles. The molecule has 0 unspecified atom stereocenters. The Hall–Kier alpha value is -2.33. The minimum atomic E-state index is -0.769. The Morgan fingerprint density at radius 2 is 2.05 bits per heavy atom. The molecule has 22 heavy (non-hydrogen) atoms. The molecule has 2 heterocycles. The standard InChI is InChI=1S/C18H17NO2S/c1-13-4-2-5-15(12-13)19-14(8-10-18(20)21)7-9-16(19)17-6-3-11-22-17/h2-7,9,11-12H,8,10H2,1H3,(H,20,21). The third-order valence-corrected chi connectivity index (χ3v) is 4.48. The number of aromatic nitrogens is 1. The van der Waals surface area contributed by atoms with Gasteiger partial charge in [0, 0.05) is 11.4 Å². The first kappa shape index (κ1) is 14.6. The van der Waals surface area contributed by atoms with E-state index in [1.807, 2.05) is 18.2 Å². The van der Waals surface area contributed by atoms with Crippen molar-refractivity contribution in [3.63, 3.8) is 0 Å². The van der Waals surface area contributed by atoms with Crippen molar-refractivity contribution in [3.05, 3.63) is 65.2 Å². The minimum absolute atomic E-state index is 0.139. The normalized spacial score (nSPS) is 10.8. The predicted octanol–water partition coefficient (Wildman–Crippen LogP) is 4.53. The molecule has 112 valence electrons. The number of hydrogen-bond acceptors (Lipinski definition) is 2. The van der Waals surface area contributed by atoms with Crippen LogP contribution >= 0.6 is 11.3 Å². The fourth-order valence-electron chi connectivity index (χ4n) is 2.60. The van der Waals surface area contributed by atoms with Gasteiger partial charge in [0.05, 0.1) is 17.0 Å². The van der Waals surface area contributed by atoms with Crippen molar-refractivity contribution in [2.75, 3.05) is 0 Å². The predicted molar refractivity (Wildman–Crippen MR) is 89.8 cm³/mol. The van der Waals surface area contributed by atoms with Crippen molar-refractivity contribution < 1.29 is 9.90 Å². The zero-order chi connectivity index (χ0) is 15.5. The van der Waals surface area contributed by atoms with Gasteiger partial charge in [-0.3, -0.25) is 4.79 Å². The molecule has 0 fully saturated rings. The second-order valence-electron chi connectivity index (χ2n) is 5.26. The van der Waals surface area contributed by atoms with Gasteiger partial charge in [-0.05, 0) is 54.6 Å². The van der Waals surface area contributed by atoms with Crippen LogP contribution in [0.3, 0.4) is 0 Å². The molecule has 0 bridgehead atoms. The first-order valence-electron chi connectivity index (χ1n) is 7.18. The molecule has 0 aliphatic heterocycles.